The minimum Gasteiger partial charge on any atom is -0.494 e. The molecule has 1 fully saturated rings. The molecule has 44 heavy (non-hydrogen) atoms. The van der Waals surface area contributed by atoms with Crippen molar-refractivity contribution < 1.29 is 18.9 Å². The molecule has 0 spiro atoms. The van der Waals surface area contributed by atoms with Crippen molar-refractivity contribution >= 4 is 0 Å². The van der Waals surface area contributed by atoms with Gasteiger partial charge >= 0.3 is 0 Å². The molecule has 1 heterocycles. The first-order valence-electron chi connectivity index (χ1n) is 17.4. The maximum Gasteiger partial charge on any atom is 0.120 e. The average molecular weight is 599 g/mol. The fourth-order valence-corrected chi connectivity index (χ4v) is 6.39. The smallest absolute Gasteiger partial charge is 0.120 e. The van der Waals surface area contributed by atoms with E-state index >= 15 is 0 Å². The van der Waals surface area contributed by atoms with Crippen LogP contribution in [0.3, 0.4) is 0 Å². The molecule has 0 aromatic heterocycles. The zero-order chi connectivity index (χ0) is 30.5. The Labute approximate surface area is 266 Å². The van der Waals surface area contributed by atoms with Crippen LogP contribution in [0.1, 0.15) is 107 Å². The zero-order valence-electron chi connectivity index (χ0n) is 27.3. The predicted molar refractivity (Wildman–Crippen MR) is 181 cm³/mol. The van der Waals surface area contributed by atoms with Gasteiger partial charge in [0.25, 0.3) is 0 Å². The van der Waals surface area contributed by atoms with E-state index in [1.165, 1.54) is 91.2 Å². The number of rotatable bonds is 21. The highest BCUT2D eigenvalue weighted by Gasteiger charge is 2.36. The molecular weight excluding hydrogens is 544 g/mol. The highest BCUT2D eigenvalue weighted by Crippen LogP contribution is 2.38. The Morgan fingerprint density at radius 1 is 0.636 bits per heavy atom. The molecule has 0 saturated carbocycles. The van der Waals surface area contributed by atoms with Gasteiger partial charge in [-0.1, -0.05) is 88.8 Å². The molecule has 3 aromatic carbocycles. The van der Waals surface area contributed by atoms with Gasteiger partial charge in [-0.25, -0.2) is 0 Å². The SMILES string of the molecule is CCCCCCCCc1ccc2c(c1)Cc1cc(COc3ccc(OCCCCCCOCC4(CC)COC4)cc3)ccc1-2. The van der Waals surface area contributed by atoms with Gasteiger partial charge in [0, 0.05) is 12.0 Å². The van der Waals surface area contributed by atoms with Crippen molar-refractivity contribution in [3.05, 3.63) is 82.9 Å². The minimum atomic E-state index is 0.292. The van der Waals surface area contributed by atoms with E-state index in [1.54, 1.807) is 0 Å². The van der Waals surface area contributed by atoms with E-state index in [9.17, 15) is 0 Å². The Morgan fingerprint density at radius 3 is 1.93 bits per heavy atom. The first-order chi connectivity index (χ1) is 21.7. The van der Waals surface area contributed by atoms with Gasteiger partial charge < -0.3 is 18.9 Å². The Hall–Kier alpha value is -2.82. The molecule has 4 nitrogen and oxygen atoms in total. The lowest BCUT2D eigenvalue weighted by molar-refractivity contribution is -0.150. The summed E-state index contributed by atoms with van der Waals surface area (Å²) in [5.41, 5.74) is 8.69. The van der Waals surface area contributed by atoms with Crippen molar-refractivity contribution in [3.63, 3.8) is 0 Å². The lowest BCUT2D eigenvalue weighted by atomic mass is 9.84. The number of benzene rings is 3. The van der Waals surface area contributed by atoms with E-state index in [0.29, 0.717) is 12.0 Å². The van der Waals surface area contributed by atoms with Crippen LogP contribution >= 0.6 is 0 Å². The van der Waals surface area contributed by atoms with Crippen molar-refractivity contribution in [2.45, 2.75) is 104 Å². The van der Waals surface area contributed by atoms with Crippen molar-refractivity contribution in [2.75, 3.05) is 33.0 Å². The highest BCUT2D eigenvalue weighted by atomic mass is 16.5. The van der Waals surface area contributed by atoms with Gasteiger partial charge in [0.05, 0.1) is 26.4 Å². The summed E-state index contributed by atoms with van der Waals surface area (Å²) in [6.07, 6.45) is 16.0. The molecule has 1 saturated heterocycles. The van der Waals surface area contributed by atoms with Crippen LogP contribution < -0.4 is 9.47 Å². The van der Waals surface area contributed by atoms with Crippen LogP contribution in [0.15, 0.2) is 60.7 Å². The number of ether oxygens (including phenoxy) is 4. The minimum absolute atomic E-state index is 0.292. The number of hydrogen-bond donors (Lipinski definition) is 0. The molecule has 0 bridgehead atoms. The number of fused-ring (bicyclic) bond motifs is 3. The number of unbranched alkanes of at least 4 members (excludes halogenated alkanes) is 8. The largest absolute Gasteiger partial charge is 0.494 e. The second kappa shape index (κ2) is 17.0. The van der Waals surface area contributed by atoms with Crippen molar-refractivity contribution in [2.24, 2.45) is 5.41 Å². The molecule has 5 rings (SSSR count). The Bertz CT molecular complexity index is 1270. The number of hydrogen-bond acceptors (Lipinski definition) is 4. The summed E-state index contributed by atoms with van der Waals surface area (Å²) in [5.74, 6) is 1.78. The third-order valence-corrected chi connectivity index (χ3v) is 9.49. The molecule has 3 aromatic rings. The molecule has 0 amide bonds. The van der Waals surface area contributed by atoms with Gasteiger partial charge in [-0.15, -0.1) is 0 Å². The third-order valence-electron chi connectivity index (χ3n) is 9.49. The van der Waals surface area contributed by atoms with Crippen LogP contribution in [-0.4, -0.2) is 33.0 Å². The molecule has 0 radical (unpaired) electrons. The second-order valence-electron chi connectivity index (χ2n) is 13.1. The van der Waals surface area contributed by atoms with Gasteiger partial charge in [-0.05, 0) is 103 Å². The Morgan fingerprint density at radius 2 is 1.25 bits per heavy atom. The molecule has 1 aliphatic heterocycles. The second-order valence-corrected chi connectivity index (χ2v) is 13.1. The normalized spacial score (nSPS) is 14.6. The fourth-order valence-electron chi connectivity index (χ4n) is 6.39. The van der Waals surface area contributed by atoms with Crippen LogP contribution in [0.2, 0.25) is 0 Å². The van der Waals surface area contributed by atoms with E-state index in [2.05, 4.69) is 50.2 Å². The third kappa shape index (κ3) is 9.34. The van der Waals surface area contributed by atoms with E-state index < -0.39 is 0 Å². The van der Waals surface area contributed by atoms with Gasteiger partial charge in [-0.3, -0.25) is 0 Å². The van der Waals surface area contributed by atoms with E-state index in [1.807, 2.05) is 24.3 Å². The summed E-state index contributed by atoms with van der Waals surface area (Å²) in [6, 6.07) is 22.0. The average Bonchev–Trinajstić information content (AvgIpc) is 3.39. The molecule has 238 valence electrons. The zero-order valence-corrected chi connectivity index (χ0v) is 27.3. The van der Waals surface area contributed by atoms with Crippen molar-refractivity contribution in [3.8, 4) is 22.6 Å². The molecule has 1 aliphatic carbocycles. The van der Waals surface area contributed by atoms with Gasteiger partial charge in [0.1, 0.15) is 18.1 Å². The first kappa shape index (κ1) is 32.6. The van der Waals surface area contributed by atoms with E-state index in [0.717, 1.165) is 70.2 Å². The first-order valence-corrected chi connectivity index (χ1v) is 17.4. The molecular formula is C40H54O4. The van der Waals surface area contributed by atoms with Gasteiger partial charge in [-0.2, -0.15) is 0 Å². The topological polar surface area (TPSA) is 36.9 Å². The predicted octanol–water partition coefficient (Wildman–Crippen LogP) is 10.1. The molecule has 0 N–H and O–H groups in total. The van der Waals surface area contributed by atoms with Crippen LogP contribution in [0, 0.1) is 5.41 Å². The van der Waals surface area contributed by atoms with E-state index in [-0.39, 0.29) is 0 Å². The van der Waals surface area contributed by atoms with Crippen molar-refractivity contribution in [1.29, 1.82) is 0 Å². The van der Waals surface area contributed by atoms with Crippen LogP contribution in [-0.2, 0) is 28.9 Å². The summed E-state index contributed by atoms with van der Waals surface area (Å²) >= 11 is 0. The highest BCUT2D eigenvalue weighted by molar-refractivity contribution is 5.77. The summed E-state index contributed by atoms with van der Waals surface area (Å²) < 4.78 is 23.4. The standard InChI is InChI=1S/C40H54O4/c1-3-5-6-7-8-11-14-32-15-21-38-34(25-32)27-35-26-33(16-22-39(35)38)28-44-37-19-17-36(18-20-37)43-24-13-10-9-12-23-41-29-40(4-2)30-42-31-40/h15-22,25-26H,3-14,23-24,27-31H2,1-2H3. The fraction of sp³-hybridized carbons (Fsp3) is 0.550. The van der Waals surface area contributed by atoms with Gasteiger partial charge in [0.15, 0.2) is 0 Å². The summed E-state index contributed by atoms with van der Waals surface area (Å²) in [7, 11) is 0. The Balaban J connectivity index is 0.962. The maximum absolute atomic E-state index is 6.14. The summed E-state index contributed by atoms with van der Waals surface area (Å²) in [4.78, 5) is 0. The maximum atomic E-state index is 6.14. The monoisotopic (exact) mass is 598 g/mol. The lowest BCUT2D eigenvalue weighted by Crippen LogP contribution is -2.45. The van der Waals surface area contributed by atoms with Crippen LogP contribution in [0.5, 0.6) is 11.5 Å². The molecule has 0 atom stereocenters. The van der Waals surface area contributed by atoms with Crippen LogP contribution in [0.25, 0.3) is 11.1 Å². The number of aryl methyl sites for hydroxylation is 1. The van der Waals surface area contributed by atoms with Gasteiger partial charge in [0.2, 0.25) is 0 Å². The summed E-state index contributed by atoms with van der Waals surface area (Å²) in [6.45, 7) is 9.24. The van der Waals surface area contributed by atoms with Crippen LogP contribution in [0.4, 0.5) is 0 Å². The van der Waals surface area contributed by atoms with Crippen molar-refractivity contribution in [1.82, 2.24) is 0 Å². The molecule has 4 heteroatoms. The molecule has 0 unspecified atom stereocenters. The molecule has 2 aliphatic rings. The quantitative estimate of drug-likeness (QED) is 0.0895. The summed E-state index contributed by atoms with van der Waals surface area (Å²) in [5, 5.41) is 0. The van der Waals surface area contributed by atoms with E-state index in [4.69, 9.17) is 18.9 Å². The Kier molecular flexibility index (Phi) is 12.6. The lowest BCUT2D eigenvalue weighted by Gasteiger charge is -2.40.